The number of aryl methyl sites for hydroxylation is 2. The van der Waals surface area contributed by atoms with Gasteiger partial charge in [0.2, 0.25) is 5.78 Å². The fourth-order valence-corrected chi connectivity index (χ4v) is 3.01. The van der Waals surface area contributed by atoms with E-state index in [1.54, 1.807) is 6.07 Å². The summed E-state index contributed by atoms with van der Waals surface area (Å²) in [6.45, 7) is 4.03. The average molecular weight is 335 g/mol. The molecule has 0 saturated heterocycles. The van der Waals surface area contributed by atoms with Gasteiger partial charge in [0, 0.05) is 30.8 Å². The maximum absolute atomic E-state index is 12.9. The highest BCUT2D eigenvalue weighted by atomic mass is 16.1. The fourth-order valence-electron chi connectivity index (χ4n) is 3.01. The molecule has 3 rings (SSSR count). The number of nitrogens with zero attached hydrogens (tertiary/aromatic N) is 2. The zero-order valence-corrected chi connectivity index (χ0v) is 14.7. The number of nitrogens with one attached hydrogen (secondary N) is 1. The van der Waals surface area contributed by atoms with Gasteiger partial charge in [-0.05, 0) is 36.6 Å². The van der Waals surface area contributed by atoms with Gasteiger partial charge < -0.3 is 4.57 Å². The highest BCUT2D eigenvalue weighted by Crippen LogP contribution is 2.20. The average Bonchev–Trinajstić information content (AvgIpc) is 2.90. The highest BCUT2D eigenvalue weighted by Gasteiger charge is 2.18. The van der Waals surface area contributed by atoms with Gasteiger partial charge in [-0.3, -0.25) is 9.59 Å². The quantitative estimate of drug-likeness (QED) is 0.729. The van der Waals surface area contributed by atoms with Crippen molar-refractivity contribution in [2.75, 3.05) is 0 Å². The molecule has 0 bridgehead atoms. The van der Waals surface area contributed by atoms with E-state index in [9.17, 15) is 9.59 Å². The predicted molar refractivity (Wildman–Crippen MR) is 97.1 cm³/mol. The fraction of sp³-hybridized carbons (Fsp3) is 0.250. The molecule has 2 aromatic heterocycles. The summed E-state index contributed by atoms with van der Waals surface area (Å²) in [4.78, 5) is 24.0. The first-order valence-electron chi connectivity index (χ1n) is 8.33. The standard InChI is InChI=1S/C20H21N3O2/c1-4-14-5-7-15(8-6-14)20(25)19-13(2)11-17(23(19)3)12-16-9-10-18(24)22-21-16/h5-11H,4,12H2,1-3H3,(H,22,24). The second-order valence-corrected chi connectivity index (χ2v) is 6.20. The Morgan fingerprint density at radius 3 is 2.48 bits per heavy atom. The molecule has 0 amide bonds. The van der Waals surface area contributed by atoms with Gasteiger partial charge in [-0.1, -0.05) is 31.2 Å². The van der Waals surface area contributed by atoms with Crippen LogP contribution < -0.4 is 5.56 Å². The Balaban J connectivity index is 1.91. The number of aromatic nitrogens is 3. The molecule has 3 aromatic rings. The summed E-state index contributed by atoms with van der Waals surface area (Å²) >= 11 is 0. The topological polar surface area (TPSA) is 67.8 Å². The summed E-state index contributed by atoms with van der Waals surface area (Å²) in [6.07, 6.45) is 1.50. The second kappa shape index (κ2) is 6.89. The molecule has 0 spiro atoms. The van der Waals surface area contributed by atoms with Gasteiger partial charge in [0.1, 0.15) is 0 Å². The molecule has 2 heterocycles. The van der Waals surface area contributed by atoms with E-state index >= 15 is 0 Å². The summed E-state index contributed by atoms with van der Waals surface area (Å²) in [7, 11) is 1.89. The van der Waals surface area contributed by atoms with Gasteiger partial charge >= 0.3 is 0 Å². The number of H-pyrrole nitrogens is 1. The van der Waals surface area contributed by atoms with E-state index in [2.05, 4.69) is 17.1 Å². The molecule has 25 heavy (non-hydrogen) atoms. The Labute approximate surface area is 146 Å². The number of ketones is 1. The van der Waals surface area contributed by atoms with Crippen LogP contribution >= 0.6 is 0 Å². The maximum atomic E-state index is 12.9. The van der Waals surface area contributed by atoms with Crippen LogP contribution in [-0.2, 0) is 19.9 Å². The molecule has 0 aliphatic heterocycles. The van der Waals surface area contributed by atoms with Crippen LogP contribution in [0, 0.1) is 6.92 Å². The van der Waals surface area contributed by atoms with Crippen molar-refractivity contribution in [2.24, 2.45) is 7.05 Å². The Kier molecular flexibility index (Phi) is 4.65. The molecule has 5 heteroatoms. The number of aromatic amines is 1. The highest BCUT2D eigenvalue weighted by molar-refractivity contribution is 6.09. The Morgan fingerprint density at radius 1 is 1.16 bits per heavy atom. The first kappa shape index (κ1) is 16.9. The zero-order chi connectivity index (χ0) is 18.0. The molecular formula is C20H21N3O2. The summed E-state index contributed by atoms with van der Waals surface area (Å²) in [6, 6.07) is 12.9. The van der Waals surface area contributed by atoms with Gasteiger partial charge in [0.15, 0.2) is 0 Å². The number of carbonyl (C=O) groups excluding carboxylic acids is 1. The van der Waals surface area contributed by atoms with Gasteiger partial charge in [-0.2, -0.15) is 5.10 Å². The van der Waals surface area contributed by atoms with Crippen molar-refractivity contribution >= 4 is 5.78 Å². The van der Waals surface area contributed by atoms with Crippen LogP contribution in [0.5, 0.6) is 0 Å². The summed E-state index contributed by atoms with van der Waals surface area (Å²) in [5, 5.41) is 6.48. The third kappa shape index (κ3) is 3.45. The van der Waals surface area contributed by atoms with Crippen molar-refractivity contribution in [1.29, 1.82) is 0 Å². The van der Waals surface area contributed by atoms with E-state index in [-0.39, 0.29) is 11.3 Å². The van der Waals surface area contributed by atoms with Crippen molar-refractivity contribution in [1.82, 2.24) is 14.8 Å². The molecule has 0 fully saturated rings. The first-order valence-corrected chi connectivity index (χ1v) is 8.33. The monoisotopic (exact) mass is 335 g/mol. The third-order valence-corrected chi connectivity index (χ3v) is 4.46. The third-order valence-electron chi connectivity index (χ3n) is 4.46. The normalized spacial score (nSPS) is 10.8. The molecule has 0 atom stereocenters. The van der Waals surface area contributed by atoms with Crippen molar-refractivity contribution < 1.29 is 4.79 Å². The lowest BCUT2D eigenvalue weighted by molar-refractivity contribution is 0.103. The number of hydrogen-bond acceptors (Lipinski definition) is 3. The van der Waals surface area contributed by atoms with Crippen molar-refractivity contribution in [3.05, 3.63) is 86.6 Å². The van der Waals surface area contributed by atoms with E-state index in [0.29, 0.717) is 17.7 Å². The molecule has 0 aliphatic rings. The minimum Gasteiger partial charge on any atom is -0.344 e. The summed E-state index contributed by atoms with van der Waals surface area (Å²) in [5.74, 6) is 0.0170. The van der Waals surface area contributed by atoms with Gasteiger partial charge in [-0.15, -0.1) is 0 Å². The van der Waals surface area contributed by atoms with Gasteiger partial charge in [-0.25, -0.2) is 5.10 Å². The minimum absolute atomic E-state index is 0.0170. The SMILES string of the molecule is CCc1ccc(C(=O)c2c(C)cc(Cc3ccc(=O)[nH]n3)n2C)cc1. The molecular weight excluding hydrogens is 314 g/mol. The first-order chi connectivity index (χ1) is 12.0. The van der Waals surface area contributed by atoms with Gasteiger partial charge in [0.25, 0.3) is 5.56 Å². The Bertz CT molecular complexity index is 945. The van der Waals surface area contributed by atoms with E-state index in [0.717, 1.165) is 23.4 Å². The Morgan fingerprint density at radius 2 is 1.88 bits per heavy atom. The van der Waals surface area contributed by atoms with Gasteiger partial charge in [0.05, 0.1) is 11.4 Å². The number of benzene rings is 1. The lowest BCUT2D eigenvalue weighted by Crippen LogP contribution is -2.12. The molecule has 0 aliphatic carbocycles. The van der Waals surface area contributed by atoms with Crippen LogP contribution in [0.3, 0.4) is 0 Å². The molecule has 1 N–H and O–H groups in total. The summed E-state index contributed by atoms with van der Waals surface area (Å²) < 4.78 is 1.91. The number of carbonyl (C=O) groups is 1. The van der Waals surface area contributed by atoms with Crippen LogP contribution in [0.25, 0.3) is 0 Å². The molecule has 128 valence electrons. The zero-order valence-electron chi connectivity index (χ0n) is 14.7. The smallest absolute Gasteiger partial charge is 0.264 e. The largest absolute Gasteiger partial charge is 0.344 e. The van der Waals surface area contributed by atoms with Crippen LogP contribution in [0.2, 0.25) is 0 Å². The molecule has 0 radical (unpaired) electrons. The van der Waals surface area contributed by atoms with Crippen LogP contribution in [0.4, 0.5) is 0 Å². The number of hydrogen-bond donors (Lipinski definition) is 1. The lowest BCUT2D eigenvalue weighted by atomic mass is 10.0. The molecule has 0 unspecified atom stereocenters. The van der Waals surface area contributed by atoms with Crippen molar-refractivity contribution in [3.63, 3.8) is 0 Å². The predicted octanol–water partition coefficient (Wildman–Crippen LogP) is 2.80. The molecule has 5 nitrogen and oxygen atoms in total. The van der Waals surface area contributed by atoms with E-state index < -0.39 is 0 Å². The van der Waals surface area contributed by atoms with Crippen LogP contribution in [0.15, 0.2) is 47.3 Å². The number of rotatable bonds is 5. The van der Waals surface area contributed by atoms with E-state index in [4.69, 9.17) is 0 Å². The van der Waals surface area contributed by atoms with Crippen molar-refractivity contribution in [3.8, 4) is 0 Å². The maximum Gasteiger partial charge on any atom is 0.264 e. The second-order valence-electron chi connectivity index (χ2n) is 6.20. The minimum atomic E-state index is -0.224. The molecule has 1 aromatic carbocycles. The van der Waals surface area contributed by atoms with E-state index in [1.165, 1.54) is 11.6 Å². The van der Waals surface area contributed by atoms with Crippen molar-refractivity contribution in [2.45, 2.75) is 26.7 Å². The molecule has 0 saturated carbocycles. The Hall–Kier alpha value is -2.95. The summed E-state index contributed by atoms with van der Waals surface area (Å²) in [5.41, 5.74) is 5.03. The van der Waals surface area contributed by atoms with E-state index in [1.807, 2.05) is 48.9 Å². The lowest BCUT2D eigenvalue weighted by Gasteiger charge is -2.08. The van der Waals surface area contributed by atoms with Crippen LogP contribution in [0.1, 0.15) is 45.5 Å². The van der Waals surface area contributed by atoms with Crippen LogP contribution in [-0.4, -0.2) is 20.5 Å².